The second-order valence-corrected chi connectivity index (χ2v) is 3.21. The van der Waals surface area contributed by atoms with Gasteiger partial charge in [-0.25, -0.2) is 4.39 Å². The van der Waals surface area contributed by atoms with Crippen molar-refractivity contribution in [3.8, 4) is 0 Å². The Hall–Kier alpha value is -0.760. The molecule has 0 saturated carbocycles. The molecule has 1 aromatic rings. The lowest BCUT2D eigenvalue weighted by Gasteiger charge is -2.08. The van der Waals surface area contributed by atoms with Gasteiger partial charge in [-0.15, -0.1) is 0 Å². The highest BCUT2D eigenvalue weighted by molar-refractivity contribution is 6.33. The Morgan fingerprint density at radius 1 is 1.38 bits per heavy atom. The summed E-state index contributed by atoms with van der Waals surface area (Å²) in [6.45, 7) is 4.68. The van der Waals surface area contributed by atoms with E-state index in [4.69, 9.17) is 11.6 Å². The SMILES string of the molecule is CCNc1cc(CC)c(F)cc1Cl. The summed E-state index contributed by atoms with van der Waals surface area (Å²) in [5, 5.41) is 3.52. The lowest BCUT2D eigenvalue weighted by atomic mass is 10.1. The fourth-order valence-corrected chi connectivity index (χ4v) is 1.41. The van der Waals surface area contributed by atoms with Crippen molar-refractivity contribution < 1.29 is 4.39 Å². The standard InChI is InChI=1S/C10H13ClFN/c1-3-7-5-10(13-4-2)8(11)6-9(7)12/h5-6,13H,3-4H2,1-2H3. The van der Waals surface area contributed by atoms with Gasteiger partial charge in [-0.05, 0) is 31.0 Å². The van der Waals surface area contributed by atoms with Gasteiger partial charge in [-0.3, -0.25) is 0 Å². The molecule has 0 saturated heterocycles. The maximum Gasteiger partial charge on any atom is 0.128 e. The van der Waals surface area contributed by atoms with E-state index in [0.29, 0.717) is 17.0 Å². The van der Waals surface area contributed by atoms with Crippen LogP contribution in [-0.2, 0) is 6.42 Å². The molecule has 3 heteroatoms. The molecule has 0 aliphatic rings. The zero-order chi connectivity index (χ0) is 9.84. The van der Waals surface area contributed by atoms with Gasteiger partial charge >= 0.3 is 0 Å². The first-order valence-corrected chi connectivity index (χ1v) is 4.78. The Bertz CT molecular complexity index is 299. The molecule has 0 radical (unpaired) electrons. The quantitative estimate of drug-likeness (QED) is 0.790. The number of nitrogens with one attached hydrogen (secondary N) is 1. The highest BCUT2D eigenvalue weighted by atomic mass is 35.5. The summed E-state index contributed by atoms with van der Waals surface area (Å²) in [6.07, 6.45) is 0.682. The maximum absolute atomic E-state index is 13.2. The molecule has 0 heterocycles. The predicted molar refractivity (Wildman–Crippen MR) is 55.0 cm³/mol. The molecule has 13 heavy (non-hydrogen) atoms. The molecule has 0 aromatic heterocycles. The molecule has 0 atom stereocenters. The molecule has 1 aromatic carbocycles. The average Bonchev–Trinajstić information content (AvgIpc) is 2.10. The zero-order valence-corrected chi connectivity index (χ0v) is 8.58. The van der Waals surface area contributed by atoms with Crippen molar-refractivity contribution in [2.75, 3.05) is 11.9 Å². The minimum absolute atomic E-state index is 0.228. The van der Waals surface area contributed by atoms with Crippen LogP contribution >= 0.6 is 11.6 Å². The molecule has 0 fully saturated rings. The van der Waals surface area contributed by atoms with Crippen LogP contribution in [-0.4, -0.2) is 6.54 Å². The van der Waals surface area contributed by atoms with Crippen molar-refractivity contribution in [3.63, 3.8) is 0 Å². The molecule has 1 N–H and O–H groups in total. The second kappa shape index (κ2) is 4.47. The molecule has 0 bridgehead atoms. The fourth-order valence-electron chi connectivity index (χ4n) is 1.19. The van der Waals surface area contributed by atoms with Crippen LogP contribution in [0.3, 0.4) is 0 Å². The summed E-state index contributed by atoms with van der Waals surface area (Å²) < 4.78 is 13.2. The number of hydrogen-bond donors (Lipinski definition) is 1. The van der Waals surface area contributed by atoms with Gasteiger partial charge in [0.25, 0.3) is 0 Å². The van der Waals surface area contributed by atoms with Crippen molar-refractivity contribution >= 4 is 17.3 Å². The normalized spacial score (nSPS) is 10.2. The van der Waals surface area contributed by atoms with Gasteiger partial charge in [0.1, 0.15) is 5.82 Å². The number of rotatable bonds is 3. The summed E-state index contributed by atoms with van der Waals surface area (Å²) >= 11 is 5.83. The van der Waals surface area contributed by atoms with E-state index in [2.05, 4.69) is 5.32 Å². The first kappa shape index (κ1) is 10.3. The predicted octanol–water partition coefficient (Wildman–Crippen LogP) is 3.47. The molecular weight excluding hydrogens is 189 g/mol. The van der Waals surface area contributed by atoms with E-state index >= 15 is 0 Å². The summed E-state index contributed by atoms with van der Waals surface area (Å²) in [5.41, 5.74) is 1.50. The average molecular weight is 202 g/mol. The Kier molecular flexibility index (Phi) is 3.55. The third-order valence-electron chi connectivity index (χ3n) is 1.88. The highest BCUT2D eigenvalue weighted by Gasteiger charge is 2.05. The van der Waals surface area contributed by atoms with E-state index in [0.717, 1.165) is 12.2 Å². The van der Waals surface area contributed by atoms with Gasteiger partial charge < -0.3 is 5.32 Å². The second-order valence-electron chi connectivity index (χ2n) is 2.81. The van der Waals surface area contributed by atoms with Crippen molar-refractivity contribution in [3.05, 3.63) is 28.5 Å². The van der Waals surface area contributed by atoms with Gasteiger partial charge in [0.15, 0.2) is 0 Å². The van der Waals surface area contributed by atoms with Gasteiger partial charge in [-0.2, -0.15) is 0 Å². The van der Waals surface area contributed by atoms with Gasteiger partial charge in [0.05, 0.1) is 10.7 Å². The van der Waals surface area contributed by atoms with Crippen LogP contribution in [0.25, 0.3) is 0 Å². The van der Waals surface area contributed by atoms with Crippen LogP contribution in [0.15, 0.2) is 12.1 Å². The summed E-state index contributed by atoms with van der Waals surface area (Å²) in [7, 11) is 0. The Labute approximate surface area is 82.9 Å². The minimum Gasteiger partial charge on any atom is -0.384 e. The van der Waals surface area contributed by atoms with Crippen LogP contribution in [0.2, 0.25) is 5.02 Å². The van der Waals surface area contributed by atoms with E-state index in [1.807, 2.05) is 13.8 Å². The van der Waals surface area contributed by atoms with E-state index in [1.165, 1.54) is 6.07 Å². The lowest BCUT2D eigenvalue weighted by molar-refractivity contribution is 0.612. The molecule has 72 valence electrons. The molecule has 0 spiro atoms. The molecular formula is C10H13ClFN. The molecule has 1 nitrogen and oxygen atoms in total. The van der Waals surface area contributed by atoms with Crippen LogP contribution in [0.4, 0.5) is 10.1 Å². The first-order valence-electron chi connectivity index (χ1n) is 4.40. The summed E-state index contributed by atoms with van der Waals surface area (Å²) in [4.78, 5) is 0. The molecule has 0 aliphatic heterocycles. The Balaban J connectivity index is 3.06. The maximum atomic E-state index is 13.2. The third kappa shape index (κ3) is 2.34. The number of aryl methyl sites for hydroxylation is 1. The fraction of sp³-hybridized carbons (Fsp3) is 0.400. The van der Waals surface area contributed by atoms with Crippen molar-refractivity contribution in [1.29, 1.82) is 0 Å². The van der Waals surface area contributed by atoms with Crippen LogP contribution in [0.5, 0.6) is 0 Å². The molecule has 1 rings (SSSR count). The summed E-state index contributed by atoms with van der Waals surface area (Å²) in [6, 6.07) is 3.12. The number of halogens is 2. The largest absolute Gasteiger partial charge is 0.384 e. The van der Waals surface area contributed by atoms with Gasteiger partial charge in [0, 0.05) is 6.54 Å². The van der Waals surface area contributed by atoms with Crippen LogP contribution in [0, 0.1) is 5.82 Å². The van der Waals surface area contributed by atoms with Crippen molar-refractivity contribution in [2.45, 2.75) is 20.3 Å². The highest BCUT2D eigenvalue weighted by Crippen LogP contribution is 2.25. The number of benzene rings is 1. The summed E-state index contributed by atoms with van der Waals surface area (Å²) in [5.74, 6) is -0.228. The third-order valence-corrected chi connectivity index (χ3v) is 2.20. The minimum atomic E-state index is -0.228. The van der Waals surface area contributed by atoms with Gasteiger partial charge in [-0.1, -0.05) is 18.5 Å². The monoisotopic (exact) mass is 201 g/mol. The van der Waals surface area contributed by atoms with E-state index in [-0.39, 0.29) is 5.82 Å². The Morgan fingerprint density at radius 3 is 2.62 bits per heavy atom. The Morgan fingerprint density at radius 2 is 2.08 bits per heavy atom. The van der Waals surface area contributed by atoms with E-state index in [9.17, 15) is 4.39 Å². The smallest absolute Gasteiger partial charge is 0.128 e. The van der Waals surface area contributed by atoms with E-state index in [1.54, 1.807) is 6.07 Å². The van der Waals surface area contributed by atoms with E-state index < -0.39 is 0 Å². The topological polar surface area (TPSA) is 12.0 Å². The van der Waals surface area contributed by atoms with Crippen molar-refractivity contribution in [1.82, 2.24) is 0 Å². The van der Waals surface area contributed by atoms with Crippen LogP contribution in [0.1, 0.15) is 19.4 Å². The molecule has 0 unspecified atom stereocenters. The number of anilines is 1. The van der Waals surface area contributed by atoms with Crippen LogP contribution < -0.4 is 5.32 Å². The lowest BCUT2D eigenvalue weighted by Crippen LogP contribution is -1.99. The zero-order valence-electron chi connectivity index (χ0n) is 7.82. The first-order chi connectivity index (χ1) is 6.19. The molecule has 0 amide bonds. The number of hydrogen-bond acceptors (Lipinski definition) is 1. The van der Waals surface area contributed by atoms with Gasteiger partial charge in [0.2, 0.25) is 0 Å². The molecule has 0 aliphatic carbocycles. The van der Waals surface area contributed by atoms with Crippen molar-refractivity contribution in [2.24, 2.45) is 0 Å².